The van der Waals surface area contributed by atoms with Crippen molar-refractivity contribution in [2.45, 2.75) is 13.0 Å². The maximum atomic E-state index is 12.7. The van der Waals surface area contributed by atoms with Crippen molar-refractivity contribution in [2.75, 3.05) is 39.5 Å². The standard InChI is InChI=1S/C16H22N2O3S/c19-16(18-4-2-5-21-18)15-11-20-10-12-7-17(9-14(12)15)8-13-3-1-6-22-13/h1,3,6,12,14-15H,2,4-5,7-11H2/t12-,14-,15-/m1/s1. The van der Waals surface area contributed by atoms with Gasteiger partial charge in [0.1, 0.15) is 0 Å². The monoisotopic (exact) mass is 322 g/mol. The van der Waals surface area contributed by atoms with Gasteiger partial charge in [-0.15, -0.1) is 11.3 Å². The minimum absolute atomic E-state index is 0.0369. The van der Waals surface area contributed by atoms with E-state index in [-0.39, 0.29) is 11.8 Å². The van der Waals surface area contributed by atoms with E-state index in [1.807, 2.05) is 0 Å². The SMILES string of the molecule is O=C([C@@H]1COC[C@H]2CN(Cc3cccs3)C[C@H]21)N1CCCO1. The normalized spacial score (nSPS) is 32.4. The summed E-state index contributed by atoms with van der Waals surface area (Å²) >= 11 is 1.80. The summed E-state index contributed by atoms with van der Waals surface area (Å²) in [5, 5.41) is 3.69. The Morgan fingerprint density at radius 2 is 2.32 bits per heavy atom. The zero-order chi connectivity index (χ0) is 14.9. The summed E-state index contributed by atoms with van der Waals surface area (Å²) < 4.78 is 5.73. The van der Waals surface area contributed by atoms with Gasteiger partial charge in [0.15, 0.2) is 0 Å². The highest BCUT2D eigenvalue weighted by Crippen LogP contribution is 2.36. The van der Waals surface area contributed by atoms with Crippen LogP contribution in [0.3, 0.4) is 0 Å². The number of amides is 1. The van der Waals surface area contributed by atoms with Gasteiger partial charge in [-0.3, -0.25) is 14.5 Å². The molecule has 1 amide bonds. The maximum Gasteiger partial charge on any atom is 0.251 e. The van der Waals surface area contributed by atoms with Crippen LogP contribution in [-0.4, -0.2) is 55.3 Å². The molecular weight excluding hydrogens is 300 g/mol. The molecule has 4 heterocycles. The van der Waals surface area contributed by atoms with Crippen LogP contribution in [0.4, 0.5) is 0 Å². The number of likely N-dealkylation sites (tertiary alicyclic amines) is 1. The fourth-order valence-corrected chi connectivity index (χ4v) is 4.65. The number of fused-ring (bicyclic) bond motifs is 1. The Bertz CT molecular complexity index is 515. The lowest BCUT2D eigenvalue weighted by molar-refractivity contribution is -0.181. The zero-order valence-corrected chi connectivity index (χ0v) is 13.5. The van der Waals surface area contributed by atoms with Crippen LogP contribution in [0.5, 0.6) is 0 Å². The smallest absolute Gasteiger partial charge is 0.251 e. The van der Waals surface area contributed by atoms with Crippen molar-refractivity contribution >= 4 is 17.2 Å². The van der Waals surface area contributed by atoms with Crippen LogP contribution in [0.25, 0.3) is 0 Å². The predicted molar refractivity (Wildman–Crippen MR) is 83.2 cm³/mol. The van der Waals surface area contributed by atoms with Gasteiger partial charge in [0.2, 0.25) is 0 Å². The number of carbonyl (C=O) groups is 1. The number of hydroxylamine groups is 2. The van der Waals surface area contributed by atoms with Crippen LogP contribution in [0.15, 0.2) is 17.5 Å². The minimum Gasteiger partial charge on any atom is -0.380 e. The van der Waals surface area contributed by atoms with E-state index in [0.29, 0.717) is 25.0 Å². The number of nitrogens with zero attached hydrogens (tertiary/aromatic N) is 2. The van der Waals surface area contributed by atoms with Crippen molar-refractivity contribution in [3.63, 3.8) is 0 Å². The van der Waals surface area contributed by atoms with Crippen LogP contribution in [-0.2, 0) is 20.9 Å². The second-order valence-corrected chi connectivity index (χ2v) is 7.50. The van der Waals surface area contributed by atoms with E-state index < -0.39 is 0 Å². The lowest BCUT2D eigenvalue weighted by Crippen LogP contribution is -2.45. The molecule has 3 aliphatic rings. The highest BCUT2D eigenvalue weighted by Gasteiger charge is 2.45. The number of rotatable bonds is 3. The molecule has 22 heavy (non-hydrogen) atoms. The Hall–Kier alpha value is -0.950. The number of ether oxygens (including phenoxy) is 1. The van der Waals surface area contributed by atoms with Gasteiger partial charge in [0.05, 0.1) is 32.3 Å². The van der Waals surface area contributed by atoms with E-state index in [1.165, 1.54) is 4.88 Å². The van der Waals surface area contributed by atoms with Gasteiger partial charge < -0.3 is 4.74 Å². The Labute approximate surface area is 134 Å². The Morgan fingerprint density at radius 1 is 1.36 bits per heavy atom. The van der Waals surface area contributed by atoms with Crippen molar-refractivity contribution in [1.29, 1.82) is 0 Å². The van der Waals surface area contributed by atoms with Crippen LogP contribution in [0.1, 0.15) is 11.3 Å². The van der Waals surface area contributed by atoms with Gasteiger partial charge >= 0.3 is 0 Å². The molecule has 0 unspecified atom stereocenters. The van der Waals surface area contributed by atoms with Gasteiger partial charge in [-0.25, -0.2) is 5.06 Å². The van der Waals surface area contributed by atoms with Crippen molar-refractivity contribution in [3.8, 4) is 0 Å². The summed E-state index contributed by atoms with van der Waals surface area (Å²) in [5.41, 5.74) is 0. The van der Waals surface area contributed by atoms with Crippen LogP contribution < -0.4 is 0 Å². The third-order valence-corrected chi connectivity index (χ3v) is 5.85. The molecule has 3 fully saturated rings. The summed E-state index contributed by atoms with van der Waals surface area (Å²) in [5.74, 6) is 0.978. The average Bonchev–Trinajstić information content (AvgIpc) is 3.27. The van der Waals surface area contributed by atoms with Crippen molar-refractivity contribution in [2.24, 2.45) is 17.8 Å². The topological polar surface area (TPSA) is 42.0 Å². The Morgan fingerprint density at radius 3 is 3.09 bits per heavy atom. The number of hydrogen-bond donors (Lipinski definition) is 0. The maximum absolute atomic E-state index is 12.7. The molecule has 0 aliphatic carbocycles. The molecule has 3 saturated heterocycles. The Kier molecular flexibility index (Phi) is 4.17. The molecule has 0 aromatic carbocycles. The largest absolute Gasteiger partial charge is 0.380 e. The van der Waals surface area contributed by atoms with Crippen LogP contribution >= 0.6 is 11.3 Å². The van der Waals surface area contributed by atoms with E-state index in [4.69, 9.17) is 9.57 Å². The van der Waals surface area contributed by atoms with E-state index in [0.717, 1.165) is 39.2 Å². The second-order valence-electron chi connectivity index (χ2n) is 6.47. The highest BCUT2D eigenvalue weighted by molar-refractivity contribution is 7.09. The summed E-state index contributed by atoms with van der Waals surface area (Å²) in [6.07, 6.45) is 0.942. The lowest BCUT2D eigenvalue weighted by Gasteiger charge is -2.33. The van der Waals surface area contributed by atoms with Gasteiger partial charge in [-0.05, 0) is 29.7 Å². The summed E-state index contributed by atoms with van der Waals surface area (Å²) in [6, 6.07) is 4.28. The van der Waals surface area contributed by atoms with Crippen LogP contribution in [0.2, 0.25) is 0 Å². The first-order valence-corrected chi connectivity index (χ1v) is 8.96. The van der Waals surface area contributed by atoms with Gasteiger partial charge in [-0.1, -0.05) is 6.07 Å². The lowest BCUT2D eigenvalue weighted by atomic mass is 9.82. The Balaban J connectivity index is 1.43. The number of hydrogen-bond acceptors (Lipinski definition) is 5. The molecule has 3 atom stereocenters. The number of carbonyl (C=O) groups excluding carboxylic acids is 1. The molecule has 5 nitrogen and oxygen atoms in total. The van der Waals surface area contributed by atoms with Crippen molar-refractivity contribution < 1.29 is 14.4 Å². The molecule has 1 aromatic heterocycles. The first-order valence-electron chi connectivity index (χ1n) is 8.08. The summed E-state index contributed by atoms with van der Waals surface area (Å²) in [7, 11) is 0. The average molecular weight is 322 g/mol. The predicted octanol–water partition coefficient (Wildman–Crippen LogP) is 1.61. The molecule has 120 valence electrons. The van der Waals surface area contributed by atoms with Crippen molar-refractivity contribution in [1.82, 2.24) is 9.96 Å². The first kappa shape index (κ1) is 14.6. The first-order chi connectivity index (χ1) is 10.8. The quantitative estimate of drug-likeness (QED) is 0.848. The molecule has 1 aromatic rings. The number of thiophene rings is 1. The third-order valence-electron chi connectivity index (χ3n) is 4.99. The molecule has 6 heteroatoms. The zero-order valence-electron chi connectivity index (χ0n) is 12.6. The summed E-state index contributed by atoms with van der Waals surface area (Å²) in [4.78, 5) is 22.0. The van der Waals surface area contributed by atoms with E-state index in [2.05, 4.69) is 22.4 Å². The molecule has 4 rings (SSSR count). The van der Waals surface area contributed by atoms with Gasteiger partial charge in [-0.2, -0.15) is 0 Å². The second kappa shape index (κ2) is 6.28. The van der Waals surface area contributed by atoms with Gasteiger partial charge in [0, 0.05) is 24.5 Å². The molecular formula is C16H22N2O3S. The minimum atomic E-state index is -0.0369. The van der Waals surface area contributed by atoms with Gasteiger partial charge in [0.25, 0.3) is 5.91 Å². The molecule has 0 spiro atoms. The molecule has 0 N–H and O–H groups in total. The van der Waals surface area contributed by atoms with E-state index >= 15 is 0 Å². The fraction of sp³-hybridized carbons (Fsp3) is 0.688. The molecule has 0 saturated carbocycles. The fourth-order valence-electron chi connectivity index (χ4n) is 3.90. The molecule has 0 bridgehead atoms. The van der Waals surface area contributed by atoms with E-state index in [1.54, 1.807) is 16.4 Å². The van der Waals surface area contributed by atoms with Crippen LogP contribution in [0, 0.1) is 17.8 Å². The van der Waals surface area contributed by atoms with E-state index in [9.17, 15) is 4.79 Å². The molecule has 0 radical (unpaired) electrons. The summed E-state index contributed by atoms with van der Waals surface area (Å²) in [6.45, 7) is 5.75. The van der Waals surface area contributed by atoms with Crippen molar-refractivity contribution in [3.05, 3.63) is 22.4 Å². The molecule has 3 aliphatic heterocycles. The third kappa shape index (κ3) is 2.80. The highest BCUT2D eigenvalue weighted by atomic mass is 32.1.